The van der Waals surface area contributed by atoms with Gasteiger partial charge in [0.2, 0.25) is 17.6 Å². The summed E-state index contributed by atoms with van der Waals surface area (Å²) in [6, 6.07) is 7.27. The molecule has 1 heterocycles. The standard InChI is InChI=1S/C24H34N4O6/c1-14(2)11-19(28-24(33)34-15(3)12-16-7-5-4-6-8-16)23(32)27-18(20(29)21(25)30)13-17-9-10-26-22(17)31/h4-8,14-15,17-19H,9-13H2,1-3H3,(H2,25,30)(H,26,31)(H,27,32)(H,28,33)/t15?,17-,18-,19-/m0/s1. The van der Waals surface area contributed by atoms with Crippen LogP contribution in [0.25, 0.3) is 0 Å². The Kier molecular flexibility index (Phi) is 10.0. The van der Waals surface area contributed by atoms with E-state index in [1.165, 1.54) is 0 Å². The summed E-state index contributed by atoms with van der Waals surface area (Å²) in [6.45, 7) is 5.96. The highest BCUT2D eigenvalue weighted by Gasteiger charge is 2.35. The molecule has 1 aliphatic heterocycles. The van der Waals surface area contributed by atoms with Gasteiger partial charge in [0.25, 0.3) is 5.91 Å². The van der Waals surface area contributed by atoms with E-state index in [2.05, 4.69) is 16.0 Å². The van der Waals surface area contributed by atoms with E-state index in [-0.39, 0.29) is 24.7 Å². The molecule has 4 amide bonds. The smallest absolute Gasteiger partial charge is 0.408 e. The maximum atomic E-state index is 13.0. The number of carbonyl (C=O) groups excluding carboxylic acids is 5. The van der Waals surface area contributed by atoms with Crippen LogP contribution in [0, 0.1) is 11.8 Å². The number of nitrogens with two attached hydrogens (primary N) is 1. The lowest BCUT2D eigenvalue weighted by molar-refractivity contribution is -0.139. The van der Waals surface area contributed by atoms with Crippen molar-refractivity contribution >= 4 is 29.6 Å². The number of amides is 4. The van der Waals surface area contributed by atoms with Crippen LogP contribution in [-0.4, -0.2) is 54.3 Å². The van der Waals surface area contributed by atoms with E-state index in [0.29, 0.717) is 19.4 Å². The van der Waals surface area contributed by atoms with Gasteiger partial charge in [-0.2, -0.15) is 0 Å². The van der Waals surface area contributed by atoms with Crippen LogP contribution in [0.2, 0.25) is 0 Å². The fourth-order valence-corrected chi connectivity index (χ4v) is 3.88. The quantitative estimate of drug-likeness (QED) is 0.329. The number of ketones is 1. The zero-order chi connectivity index (χ0) is 25.3. The van der Waals surface area contributed by atoms with E-state index in [1.54, 1.807) is 6.92 Å². The minimum atomic E-state index is -1.26. The summed E-state index contributed by atoms with van der Waals surface area (Å²) in [5.41, 5.74) is 6.15. The van der Waals surface area contributed by atoms with E-state index in [9.17, 15) is 24.0 Å². The molecule has 0 radical (unpaired) electrons. The highest BCUT2D eigenvalue weighted by molar-refractivity contribution is 6.37. The number of benzene rings is 1. The summed E-state index contributed by atoms with van der Waals surface area (Å²) < 4.78 is 5.40. The van der Waals surface area contributed by atoms with Crippen molar-refractivity contribution in [2.45, 2.75) is 64.6 Å². The van der Waals surface area contributed by atoms with Gasteiger partial charge < -0.3 is 26.4 Å². The Balaban J connectivity index is 2.03. The first-order chi connectivity index (χ1) is 16.1. The first-order valence-corrected chi connectivity index (χ1v) is 11.5. The fraction of sp³-hybridized carbons (Fsp3) is 0.542. The minimum absolute atomic E-state index is 0.0312. The van der Waals surface area contributed by atoms with Crippen LogP contribution >= 0.6 is 0 Å². The van der Waals surface area contributed by atoms with Gasteiger partial charge >= 0.3 is 6.09 Å². The van der Waals surface area contributed by atoms with E-state index in [1.807, 2.05) is 44.2 Å². The van der Waals surface area contributed by atoms with Crippen LogP contribution in [-0.2, 0) is 30.3 Å². The number of hydrogen-bond acceptors (Lipinski definition) is 6. The first-order valence-electron chi connectivity index (χ1n) is 11.5. The van der Waals surface area contributed by atoms with Crippen LogP contribution in [0.5, 0.6) is 0 Å². The zero-order valence-corrected chi connectivity index (χ0v) is 19.8. The third kappa shape index (κ3) is 8.49. The Morgan fingerprint density at radius 3 is 2.32 bits per heavy atom. The number of ether oxygens (including phenoxy) is 1. The fourth-order valence-electron chi connectivity index (χ4n) is 3.88. The molecular weight excluding hydrogens is 440 g/mol. The third-order valence-corrected chi connectivity index (χ3v) is 5.55. The largest absolute Gasteiger partial charge is 0.446 e. The molecule has 0 saturated carbocycles. The van der Waals surface area contributed by atoms with Gasteiger partial charge in [-0.1, -0.05) is 44.2 Å². The molecule has 186 valence electrons. The molecule has 2 rings (SSSR count). The lowest BCUT2D eigenvalue weighted by Crippen LogP contribution is -2.54. The molecule has 0 bridgehead atoms. The lowest BCUT2D eigenvalue weighted by Gasteiger charge is -2.25. The van der Waals surface area contributed by atoms with Crippen LogP contribution in [0.4, 0.5) is 4.79 Å². The molecule has 1 saturated heterocycles. The van der Waals surface area contributed by atoms with Crippen molar-refractivity contribution in [3.8, 4) is 0 Å². The van der Waals surface area contributed by atoms with Gasteiger partial charge in [0.15, 0.2) is 0 Å². The summed E-state index contributed by atoms with van der Waals surface area (Å²) in [4.78, 5) is 61.2. The molecule has 10 nitrogen and oxygen atoms in total. The molecule has 1 aromatic carbocycles. The second kappa shape index (κ2) is 12.7. The topological polar surface area (TPSA) is 157 Å². The number of carbonyl (C=O) groups is 5. The van der Waals surface area contributed by atoms with Gasteiger partial charge in [0.1, 0.15) is 12.1 Å². The molecular formula is C24H34N4O6. The van der Waals surface area contributed by atoms with Crippen molar-refractivity contribution in [1.29, 1.82) is 0 Å². The summed E-state index contributed by atoms with van der Waals surface area (Å²) in [5, 5.41) is 7.72. The van der Waals surface area contributed by atoms with Crippen molar-refractivity contribution in [2.75, 3.05) is 6.54 Å². The Morgan fingerprint density at radius 1 is 1.09 bits per heavy atom. The molecule has 0 spiro atoms. The molecule has 4 atom stereocenters. The molecule has 34 heavy (non-hydrogen) atoms. The molecule has 1 fully saturated rings. The van der Waals surface area contributed by atoms with E-state index >= 15 is 0 Å². The molecule has 1 aliphatic rings. The normalized spacial score (nSPS) is 17.9. The third-order valence-electron chi connectivity index (χ3n) is 5.55. The zero-order valence-electron chi connectivity index (χ0n) is 19.8. The van der Waals surface area contributed by atoms with Crippen molar-refractivity contribution in [1.82, 2.24) is 16.0 Å². The highest BCUT2D eigenvalue weighted by atomic mass is 16.6. The van der Waals surface area contributed by atoms with E-state index < -0.39 is 47.8 Å². The molecule has 0 aliphatic carbocycles. The first kappa shape index (κ1) is 26.8. The van der Waals surface area contributed by atoms with Crippen LogP contribution < -0.4 is 21.7 Å². The van der Waals surface area contributed by atoms with Gasteiger partial charge in [-0.15, -0.1) is 0 Å². The molecule has 1 aromatic rings. The van der Waals surface area contributed by atoms with Crippen LogP contribution in [0.15, 0.2) is 30.3 Å². The van der Waals surface area contributed by atoms with Crippen molar-refractivity contribution in [3.63, 3.8) is 0 Å². The van der Waals surface area contributed by atoms with Gasteiger partial charge in [-0.25, -0.2) is 4.79 Å². The number of nitrogens with one attached hydrogen (secondary N) is 3. The summed E-state index contributed by atoms with van der Waals surface area (Å²) in [7, 11) is 0. The number of primary amides is 1. The average Bonchev–Trinajstić information content (AvgIpc) is 3.16. The second-order valence-electron chi connectivity index (χ2n) is 9.03. The Bertz CT molecular complexity index is 889. The molecule has 0 aromatic heterocycles. The Morgan fingerprint density at radius 2 is 1.76 bits per heavy atom. The minimum Gasteiger partial charge on any atom is -0.446 e. The summed E-state index contributed by atoms with van der Waals surface area (Å²) >= 11 is 0. The van der Waals surface area contributed by atoms with Gasteiger partial charge in [-0.05, 0) is 37.7 Å². The predicted octanol–water partition coefficient (Wildman–Crippen LogP) is 0.824. The molecule has 5 N–H and O–H groups in total. The SMILES string of the molecule is CC(C)C[C@H](NC(=O)OC(C)Cc1ccccc1)C(=O)N[C@@H](C[C@@H]1CCNC1=O)C(=O)C(N)=O. The average molecular weight is 475 g/mol. The second-order valence-corrected chi connectivity index (χ2v) is 9.03. The Hall–Kier alpha value is -3.43. The van der Waals surface area contributed by atoms with Crippen LogP contribution in [0.1, 0.15) is 45.6 Å². The van der Waals surface area contributed by atoms with E-state index in [0.717, 1.165) is 5.56 Å². The highest BCUT2D eigenvalue weighted by Crippen LogP contribution is 2.17. The van der Waals surface area contributed by atoms with Gasteiger partial charge in [0.05, 0.1) is 6.04 Å². The number of alkyl carbamates (subject to hydrolysis) is 1. The van der Waals surface area contributed by atoms with Gasteiger partial charge in [-0.3, -0.25) is 19.2 Å². The molecule has 1 unspecified atom stereocenters. The van der Waals surface area contributed by atoms with Crippen molar-refractivity contribution in [3.05, 3.63) is 35.9 Å². The maximum absolute atomic E-state index is 13.0. The monoisotopic (exact) mass is 474 g/mol. The Labute approximate surface area is 199 Å². The number of hydrogen-bond donors (Lipinski definition) is 4. The summed E-state index contributed by atoms with van der Waals surface area (Å²) in [5.74, 6) is -3.58. The van der Waals surface area contributed by atoms with Gasteiger partial charge in [0, 0.05) is 18.9 Å². The number of Topliss-reactive ketones (excluding diaryl/α,β-unsaturated/α-hetero) is 1. The van der Waals surface area contributed by atoms with Crippen molar-refractivity contribution < 1.29 is 28.7 Å². The van der Waals surface area contributed by atoms with E-state index in [4.69, 9.17) is 10.5 Å². The van der Waals surface area contributed by atoms with Crippen LogP contribution in [0.3, 0.4) is 0 Å². The predicted molar refractivity (Wildman–Crippen MR) is 124 cm³/mol. The van der Waals surface area contributed by atoms with Crippen molar-refractivity contribution in [2.24, 2.45) is 17.6 Å². The summed E-state index contributed by atoms with van der Waals surface area (Å²) in [6.07, 6.45) is 0.0130. The number of rotatable bonds is 12. The maximum Gasteiger partial charge on any atom is 0.408 e. The lowest BCUT2D eigenvalue weighted by atomic mass is 9.94. The molecule has 10 heteroatoms.